The maximum Gasteiger partial charge on any atom is 0.229 e. The van der Waals surface area contributed by atoms with E-state index in [1.165, 1.54) is 0 Å². The van der Waals surface area contributed by atoms with Crippen molar-refractivity contribution in [1.29, 1.82) is 0 Å². The number of aliphatic imine (C=N–C) groups is 1. The highest BCUT2D eigenvalue weighted by Gasteiger charge is 2.44. The lowest BCUT2D eigenvalue weighted by Crippen LogP contribution is -2.60. The fourth-order valence-electron chi connectivity index (χ4n) is 1.95. The molecule has 21 heavy (non-hydrogen) atoms. The van der Waals surface area contributed by atoms with Gasteiger partial charge in [0.15, 0.2) is 0 Å². The Hall–Kier alpha value is -1.38. The van der Waals surface area contributed by atoms with Gasteiger partial charge in [0.25, 0.3) is 0 Å². The van der Waals surface area contributed by atoms with Crippen LogP contribution in [0.15, 0.2) is 29.3 Å². The van der Waals surface area contributed by atoms with Gasteiger partial charge in [0.05, 0.1) is 17.5 Å². The molecule has 8 heteroatoms. The van der Waals surface area contributed by atoms with Crippen LogP contribution in [0.3, 0.4) is 0 Å². The second kappa shape index (κ2) is 7.06. The number of rotatable bonds is 4. The van der Waals surface area contributed by atoms with Gasteiger partial charge in [-0.15, -0.1) is 0 Å². The monoisotopic (exact) mass is 313 g/mol. The van der Waals surface area contributed by atoms with Crippen LogP contribution in [0, 0.1) is 0 Å². The Kier molecular flexibility index (Phi) is 5.38. The van der Waals surface area contributed by atoms with Gasteiger partial charge in [-0.1, -0.05) is 0 Å². The van der Waals surface area contributed by atoms with Crippen molar-refractivity contribution in [3.05, 3.63) is 24.3 Å². The normalized spacial score (nSPS) is 32.3. The Morgan fingerprint density at radius 1 is 1.14 bits per heavy atom. The zero-order chi connectivity index (χ0) is 15.4. The highest BCUT2D eigenvalue weighted by Crippen LogP contribution is 2.25. The van der Waals surface area contributed by atoms with Gasteiger partial charge < -0.3 is 29.9 Å². The third-order valence-corrected chi connectivity index (χ3v) is 3.20. The smallest absolute Gasteiger partial charge is 0.229 e. The minimum absolute atomic E-state index is 0.364. The molecule has 1 aliphatic heterocycles. The Morgan fingerprint density at radius 2 is 1.81 bits per heavy atom. The fourth-order valence-corrected chi connectivity index (χ4v) is 2.06. The van der Waals surface area contributed by atoms with Gasteiger partial charge in [0.2, 0.25) is 6.29 Å². The first-order chi connectivity index (χ1) is 10.1. The van der Waals surface area contributed by atoms with Crippen LogP contribution >= 0.6 is 12.2 Å². The highest BCUT2D eigenvalue weighted by atomic mass is 32.1. The first-order valence-corrected chi connectivity index (χ1v) is 6.62. The number of aliphatic hydroxyl groups excluding tert-OH is 4. The van der Waals surface area contributed by atoms with Crippen LogP contribution in [0.1, 0.15) is 0 Å². The van der Waals surface area contributed by atoms with Crippen molar-refractivity contribution in [3.63, 3.8) is 0 Å². The lowest BCUT2D eigenvalue weighted by atomic mass is 9.99. The molecule has 1 aromatic carbocycles. The predicted molar refractivity (Wildman–Crippen MR) is 75.5 cm³/mol. The Morgan fingerprint density at radius 3 is 2.38 bits per heavy atom. The van der Waals surface area contributed by atoms with Crippen LogP contribution in [-0.2, 0) is 4.74 Å². The summed E-state index contributed by atoms with van der Waals surface area (Å²) in [4.78, 5) is 3.78. The van der Waals surface area contributed by atoms with E-state index in [0.29, 0.717) is 11.4 Å². The third kappa shape index (κ3) is 3.63. The van der Waals surface area contributed by atoms with Gasteiger partial charge in [-0.25, -0.2) is 0 Å². The molecule has 0 saturated carbocycles. The summed E-state index contributed by atoms with van der Waals surface area (Å²) in [7, 11) is 0. The van der Waals surface area contributed by atoms with Gasteiger partial charge in [-0.3, -0.25) is 0 Å². The molecule has 7 nitrogen and oxygen atoms in total. The van der Waals surface area contributed by atoms with Crippen LogP contribution in [-0.4, -0.2) is 62.9 Å². The van der Waals surface area contributed by atoms with Crippen LogP contribution in [0.25, 0.3) is 0 Å². The maximum atomic E-state index is 9.84. The number of nitrogens with zero attached hydrogens (tertiary/aromatic N) is 1. The van der Waals surface area contributed by atoms with E-state index in [1.54, 1.807) is 24.3 Å². The topological polar surface area (TPSA) is 112 Å². The van der Waals surface area contributed by atoms with E-state index in [2.05, 4.69) is 22.4 Å². The predicted octanol–water partition coefficient (Wildman–Crippen LogP) is -0.400. The number of aliphatic hydroxyl groups is 4. The number of hydrogen-bond donors (Lipinski definition) is 4. The summed E-state index contributed by atoms with van der Waals surface area (Å²) in [5.41, 5.74) is 0.589. The van der Waals surface area contributed by atoms with Crippen molar-refractivity contribution in [2.75, 3.05) is 6.61 Å². The molecule has 0 spiro atoms. The summed E-state index contributed by atoms with van der Waals surface area (Å²) >= 11 is 4.49. The first-order valence-electron chi connectivity index (χ1n) is 6.22. The van der Waals surface area contributed by atoms with Crippen molar-refractivity contribution >= 4 is 23.1 Å². The van der Waals surface area contributed by atoms with Crippen molar-refractivity contribution in [1.82, 2.24) is 0 Å². The second-order valence-corrected chi connectivity index (χ2v) is 4.69. The number of ether oxygens (including phenoxy) is 2. The van der Waals surface area contributed by atoms with Crippen molar-refractivity contribution < 1.29 is 29.9 Å². The molecule has 4 N–H and O–H groups in total. The average Bonchev–Trinajstić information content (AvgIpc) is 2.50. The molecule has 1 saturated heterocycles. The molecule has 0 radical (unpaired) electrons. The molecular weight excluding hydrogens is 298 g/mol. The molecular formula is C13H15NO6S. The van der Waals surface area contributed by atoms with Gasteiger partial charge in [-0.05, 0) is 36.5 Å². The van der Waals surface area contributed by atoms with E-state index in [9.17, 15) is 15.3 Å². The lowest BCUT2D eigenvalue weighted by Gasteiger charge is -2.39. The van der Waals surface area contributed by atoms with E-state index in [1.807, 2.05) is 0 Å². The molecule has 5 atom stereocenters. The number of isothiocyanates is 1. The summed E-state index contributed by atoms with van der Waals surface area (Å²) in [5, 5.41) is 40.5. The molecule has 1 fully saturated rings. The lowest BCUT2D eigenvalue weighted by molar-refractivity contribution is -0.277. The van der Waals surface area contributed by atoms with Gasteiger partial charge >= 0.3 is 0 Å². The number of thiocarbonyl (C=S) groups is 1. The summed E-state index contributed by atoms with van der Waals surface area (Å²) in [6.45, 7) is -0.507. The highest BCUT2D eigenvalue weighted by molar-refractivity contribution is 7.78. The van der Waals surface area contributed by atoms with E-state index < -0.39 is 37.3 Å². The van der Waals surface area contributed by atoms with Gasteiger partial charge in [0.1, 0.15) is 30.2 Å². The molecule has 0 aromatic heterocycles. The SMILES string of the molecule is OCC1OC(Oc2ccc(N=C=S)cc2)C(O)C(O)C1O. The molecule has 1 heterocycles. The van der Waals surface area contributed by atoms with Crippen LogP contribution in [0.5, 0.6) is 5.75 Å². The molecule has 1 aromatic rings. The molecule has 1 aliphatic rings. The third-order valence-electron chi connectivity index (χ3n) is 3.11. The standard InChI is InChI=1S/C13H15NO6S/c15-5-9-10(16)11(17)12(18)13(20-9)19-8-3-1-7(2-4-8)14-6-21/h1-4,9-13,15-18H,5H2. The summed E-state index contributed by atoms with van der Waals surface area (Å²) in [6, 6.07) is 6.40. The number of benzene rings is 1. The Bertz CT molecular complexity index is 516. The summed E-state index contributed by atoms with van der Waals surface area (Å²) < 4.78 is 10.6. The van der Waals surface area contributed by atoms with Crippen LogP contribution < -0.4 is 4.74 Å². The first kappa shape index (κ1) is 16.0. The van der Waals surface area contributed by atoms with Gasteiger partial charge in [0, 0.05) is 0 Å². The van der Waals surface area contributed by atoms with E-state index >= 15 is 0 Å². The van der Waals surface area contributed by atoms with Crippen molar-refractivity contribution in [2.24, 2.45) is 4.99 Å². The van der Waals surface area contributed by atoms with E-state index in [4.69, 9.17) is 14.6 Å². The van der Waals surface area contributed by atoms with Gasteiger partial charge in [-0.2, -0.15) is 4.99 Å². The molecule has 0 aliphatic carbocycles. The largest absolute Gasteiger partial charge is 0.462 e. The van der Waals surface area contributed by atoms with Crippen LogP contribution in [0.4, 0.5) is 5.69 Å². The van der Waals surface area contributed by atoms with Crippen molar-refractivity contribution in [3.8, 4) is 5.75 Å². The Balaban J connectivity index is 2.08. The second-order valence-electron chi connectivity index (χ2n) is 4.51. The molecule has 114 valence electrons. The van der Waals surface area contributed by atoms with E-state index in [-0.39, 0.29) is 0 Å². The maximum absolute atomic E-state index is 9.84. The molecule has 0 bridgehead atoms. The molecule has 2 rings (SSSR count). The van der Waals surface area contributed by atoms with E-state index in [0.717, 1.165) is 0 Å². The zero-order valence-corrected chi connectivity index (χ0v) is 11.7. The average molecular weight is 313 g/mol. The minimum atomic E-state index is -1.47. The zero-order valence-electron chi connectivity index (χ0n) is 10.9. The Labute approximate surface area is 126 Å². The molecule has 0 amide bonds. The minimum Gasteiger partial charge on any atom is -0.462 e. The quantitative estimate of drug-likeness (QED) is 0.442. The summed E-state index contributed by atoms with van der Waals surface area (Å²) in [6.07, 6.45) is -6.54. The van der Waals surface area contributed by atoms with Crippen LogP contribution in [0.2, 0.25) is 0 Å². The summed E-state index contributed by atoms with van der Waals surface area (Å²) in [5.74, 6) is 0.364. The molecule has 5 unspecified atom stereocenters. The number of hydrogen-bond acceptors (Lipinski definition) is 8. The van der Waals surface area contributed by atoms with Crippen molar-refractivity contribution in [2.45, 2.75) is 30.7 Å². The fraction of sp³-hybridized carbons (Fsp3) is 0.462.